The van der Waals surface area contributed by atoms with Crippen molar-refractivity contribution in [1.82, 2.24) is 5.43 Å². The average molecular weight is 323 g/mol. The Morgan fingerprint density at radius 3 is 2.24 bits per heavy atom. The Bertz CT molecular complexity index is 625. The molecule has 6 heteroatoms. The van der Waals surface area contributed by atoms with Gasteiger partial charge in [0.05, 0.1) is 6.21 Å². The molecule has 1 amide bonds. The number of hydrogen-bond donors (Lipinski definition) is 1. The topological polar surface area (TPSA) is 50.7 Å². The molecule has 0 saturated carbocycles. The Labute approximate surface area is 132 Å². The number of carbonyl (C=O) groups excluding carboxylic acids is 1. The van der Waals surface area contributed by atoms with Gasteiger partial charge in [-0.05, 0) is 42.0 Å². The van der Waals surface area contributed by atoms with Crippen LogP contribution in [0.5, 0.6) is 5.75 Å². The molecular formula is C15H12Cl2N2O2. The lowest BCUT2D eigenvalue weighted by atomic mass is 10.2. The van der Waals surface area contributed by atoms with E-state index in [4.69, 9.17) is 27.9 Å². The molecule has 0 aliphatic heterocycles. The van der Waals surface area contributed by atoms with Crippen LogP contribution in [0.3, 0.4) is 0 Å². The normalized spacial score (nSPS) is 10.6. The summed E-state index contributed by atoms with van der Waals surface area (Å²) >= 11 is 11.5. The molecule has 0 aromatic heterocycles. The highest BCUT2D eigenvalue weighted by atomic mass is 35.5. The largest absolute Gasteiger partial charge is 0.484 e. The first-order valence-corrected chi connectivity index (χ1v) is 6.85. The maximum atomic E-state index is 11.5. The van der Waals surface area contributed by atoms with Crippen molar-refractivity contribution in [3.63, 3.8) is 0 Å². The summed E-state index contributed by atoms with van der Waals surface area (Å²) in [5.74, 6) is 0.214. The summed E-state index contributed by atoms with van der Waals surface area (Å²) in [4.78, 5) is 11.5. The Kier molecular flexibility index (Phi) is 5.60. The van der Waals surface area contributed by atoms with E-state index in [9.17, 15) is 4.79 Å². The van der Waals surface area contributed by atoms with Crippen molar-refractivity contribution >= 4 is 35.3 Å². The van der Waals surface area contributed by atoms with Crippen molar-refractivity contribution in [1.29, 1.82) is 0 Å². The SMILES string of the molecule is O=C(COc1ccc(Cl)cc1)N/N=C\c1ccc(Cl)cc1. The molecule has 0 atom stereocenters. The summed E-state index contributed by atoms with van der Waals surface area (Å²) in [5.41, 5.74) is 3.21. The van der Waals surface area contributed by atoms with Crippen LogP contribution < -0.4 is 10.2 Å². The predicted molar refractivity (Wildman–Crippen MR) is 84.1 cm³/mol. The number of nitrogens with one attached hydrogen (secondary N) is 1. The van der Waals surface area contributed by atoms with Gasteiger partial charge >= 0.3 is 0 Å². The number of hydrazone groups is 1. The van der Waals surface area contributed by atoms with Crippen LogP contribution in [0, 0.1) is 0 Å². The van der Waals surface area contributed by atoms with E-state index < -0.39 is 0 Å². The minimum absolute atomic E-state index is 0.125. The smallest absolute Gasteiger partial charge is 0.277 e. The van der Waals surface area contributed by atoms with Crippen LogP contribution in [0.2, 0.25) is 10.0 Å². The molecule has 2 aromatic carbocycles. The summed E-state index contributed by atoms with van der Waals surface area (Å²) in [6.07, 6.45) is 1.52. The van der Waals surface area contributed by atoms with Crippen molar-refractivity contribution in [3.05, 3.63) is 64.1 Å². The van der Waals surface area contributed by atoms with E-state index in [1.54, 1.807) is 48.5 Å². The van der Waals surface area contributed by atoms with Gasteiger partial charge in [0.2, 0.25) is 0 Å². The lowest BCUT2D eigenvalue weighted by Gasteiger charge is -2.04. The van der Waals surface area contributed by atoms with Crippen LogP contribution in [0.4, 0.5) is 0 Å². The van der Waals surface area contributed by atoms with Crippen molar-refractivity contribution in [2.75, 3.05) is 6.61 Å². The van der Waals surface area contributed by atoms with Crippen LogP contribution in [0.15, 0.2) is 53.6 Å². The molecule has 0 unspecified atom stereocenters. The first-order valence-electron chi connectivity index (χ1n) is 6.09. The second-order valence-electron chi connectivity index (χ2n) is 4.09. The first-order chi connectivity index (χ1) is 10.1. The fourth-order valence-corrected chi connectivity index (χ4v) is 1.69. The van der Waals surface area contributed by atoms with E-state index in [2.05, 4.69) is 10.5 Å². The van der Waals surface area contributed by atoms with E-state index in [1.165, 1.54) is 6.21 Å². The number of hydrogen-bond acceptors (Lipinski definition) is 3. The number of rotatable bonds is 5. The van der Waals surface area contributed by atoms with Gasteiger partial charge in [-0.2, -0.15) is 5.10 Å². The molecule has 0 heterocycles. The van der Waals surface area contributed by atoms with Crippen molar-refractivity contribution in [2.24, 2.45) is 5.10 Å². The molecule has 0 radical (unpaired) electrons. The molecule has 0 bridgehead atoms. The first kappa shape index (κ1) is 15.4. The van der Waals surface area contributed by atoms with E-state index in [0.29, 0.717) is 15.8 Å². The number of ether oxygens (including phenoxy) is 1. The second-order valence-corrected chi connectivity index (χ2v) is 4.96. The standard InChI is InChI=1S/C15H12Cl2N2O2/c16-12-3-1-11(2-4-12)9-18-19-15(20)10-21-14-7-5-13(17)6-8-14/h1-9H,10H2,(H,19,20)/b18-9-. The van der Waals surface area contributed by atoms with Gasteiger partial charge in [-0.1, -0.05) is 35.3 Å². The van der Waals surface area contributed by atoms with E-state index in [1.807, 2.05) is 0 Å². The van der Waals surface area contributed by atoms with Gasteiger partial charge in [-0.15, -0.1) is 0 Å². The Balaban J connectivity index is 1.77. The van der Waals surface area contributed by atoms with Gasteiger partial charge in [-0.3, -0.25) is 4.79 Å². The lowest BCUT2D eigenvalue weighted by Crippen LogP contribution is -2.24. The number of benzene rings is 2. The Morgan fingerprint density at radius 1 is 1.05 bits per heavy atom. The third kappa shape index (κ3) is 5.45. The molecule has 0 saturated heterocycles. The molecule has 4 nitrogen and oxygen atoms in total. The van der Waals surface area contributed by atoms with E-state index in [-0.39, 0.29) is 12.5 Å². The minimum Gasteiger partial charge on any atom is -0.484 e. The lowest BCUT2D eigenvalue weighted by molar-refractivity contribution is -0.123. The zero-order chi connectivity index (χ0) is 15.1. The van der Waals surface area contributed by atoms with Crippen LogP contribution in [-0.2, 0) is 4.79 Å². The monoisotopic (exact) mass is 322 g/mol. The van der Waals surface area contributed by atoms with Gasteiger partial charge in [0.15, 0.2) is 6.61 Å². The van der Waals surface area contributed by atoms with E-state index >= 15 is 0 Å². The van der Waals surface area contributed by atoms with Gasteiger partial charge < -0.3 is 4.74 Å². The van der Waals surface area contributed by atoms with Gasteiger partial charge in [-0.25, -0.2) is 5.43 Å². The maximum absolute atomic E-state index is 11.5. The average Bonchev–Trinajstić information content (AvgIpc) is 2.49. The summed E-state index contributed by atoms with van der Waals surface area (Å²) in [7, 11) is 0. The zero-order valence-electron chi connectivity index (χ0n) is 10.9. The fraction of sp³-hybridized carbons (Fsp3) is 0.0667. The fourth-order valence-electron chi connectivity index (χ4n) is 1.44. The maximum Gasteiger partial charge on any atom is 0.277 e. The zero-order valence-corrected chi connectivity index (χ0v) is 12.4. The molecule has 2 rings (SSSR count). The number of nitrogens with zero attached hydrogens (tertiary/aromatic N) is 1. The highest BCUT2D eigenvalue weighted by molar-refractivity contribution is 6.30. The number of halogens is 2. The molecule has 0 fully saturated rings. The van der Waals surface area contributed by atoms with Crippen LogP contribution in [-0.4, -0.2) is 18.7 Å². The summed E-state index contributed by atoms with van der Waals surface area (Å²) in [6.45, 7) is -0.125. The second kappa shape index (κ2) is 7.67. The van der Waals surface area contributed by atoms with Crippen molar-refractivity contribution in [3.8, 4) is 5.75 Å². The Morgan fingerprint density at radius 2 is 1.62 bits per heavy atom. The highest BCUT2D eigenvalue weighted by Crippen LogP contribution is 2.15. The highest BCUT2D eigenvalue weighted by Gasteiger charge is 2.01. The summed E-state index contributed by atoms with van der Waals surface area (Å²) < 4.78 is 5.28. The van der Waals surface area contributed by atoms with Gasteiger partial charge in [0, 0.05) is 10.0 Å². The molecule has 21 heavy (non-hydrogen) atoms. The van der Waals surface area contributed by atoms with Crippen LogP contribution >= 0.6 is 23.2 Å². The third-order valence-corrected chi connectivity index (χ3v) is 2.96. The van der Waals surface area contributed by atoms with E-state index in [0.717, 1.165) is 5.56 Å². The predicted octanol–water partition coefficient (Wildman–Crippen LogP) is 3.52. The molecule has 0 aliphatic rings. The summed E-state index contributed by atoms with van der Waals surface area (Å²) in [5, 5.41) is 5.09. The van der Waals surface area contributed by atoms with Crippen LogP contribution in [0.25, 0.3) is 0 Å². The molecule has 1 N–H and O–H groups in total. The molecule has 108 valence electrons. The number of amides is 1. The van der Waals surface area contributed by atoms with Crippen molar-refractivity contribution in [2.45, 2.75) is 0 Å². The van der Waals surface area contributed by atoms with Gasteiger partial charge in [0.25, 0.3) is 5.91 Å². The molecule has 0 spiro atoms. The molecule has 2 aromatic rings. The van der Waals surface area contributed by atoms with Crippen molar-refractivity contribution < 1.29 is 9.53 Å². The minimum atomic E-state index is -0.352. The molecular weight excluding hydrogens is 311 g/mol. The molecule has 0 aliphatic carbocycles. The summed E-state index contributed by atoms with van der Waals surface area (Å²) in [6, 6.07) is 13.8. The van der Waals surface area contributed by atoms with Gasteiger partial charge in [0.1, 0.15) is 5.75 Å². The number of carbonyl (C=O) groups is 1. The quantitative estimate of drug-likeness (QED) is 0.676. The third-order valence-electron chi connectivity index (χ3n) is 2.46. The van der Waals surface area contributed by atoms with Crippen LogP contribution in [0.1, 0.15) is 5.56 Å². The Hall–Kier alpha value is -2.04.